The zero-order valence-electron chi connectivity index (χ0n) is 11.6. The first kappa shape index (κ1) is 13.9. The first-order chi connectivity index (χ1) is 9.22. The number of carbonyl (C=O) groups is 1. The van der Waals surface area contributed by atoms with E-state index in [1.807, 2.05) is 24.3 Å². The summed E-state index contributed by atoms with van der Waals surface area (Å²) in [6.07, 6.45) is 0.950. The molecular formula is C15H22N2O2. The molecule has 0 aromatic heterocycles. The average Bonchev–Trinajstić information content (AvgIpc) is 2.84. The van der Waals surface area contributed by atoms with Gasteiger partial charge in [-0.1, -0.05) is 26.0 Å². The molecule has 104 valence electrons. The van der Waals surface area contributed by atoms with Crippen LogP contribution >= 0.6 is 0 Å². The van der Waals surface area contributed by atoms with E-state index in [0.29, 0.717) is 12.5 Å². The number of ether oxygens (including phenoxy) is 1. The minimum atomic E-state index is 0.0410. The van der Waals surface area contributed by atoms with E-state index in [-0.39, 0.29) is 11.8 Å². The van der Waals surface area contributed by atoms with Crippen molar-refractivity contribution in [2.45, 2.75) is 20.3 Å². The van der Waals surface area contributed by atoms with Crippen LogP contribution < -0.4 is 15.4 Å². The number of nitrogens with one attached hydrogen (secondary N) is 2. The summed E-state index contributed by atoms with van der Waals surface area (Å²) < 4.78 is 5.65. The van der Waals surface area contributed by atoms with Crippen molar-refractivity contribution in [2.24, 2.45) is 11.8 Å². The van der Waals surface area contributed by atoms with Crippen molar-refractivity contribution in [2.75, 3.05) is 25.0 Å². The van der Waals surface area contributed by atoms with Gasteiger partial charge >= 0.3 is 0 Å². The van der Waals surface area contributed by atoms with Gasteiger partial charge in [0.05, 0.1) is 18.2 Å². The van der Waals surface area contributed by atoms with Crippen molar-refractivity contribution < 1.29 is 9.53 Å². The van der Waals surface area contributed by atoms with Crippen LogP contribution in [0.3, 0.4) is 0 Å². The Kier molecular flexibility index (Phi) is 4.80. The first-order valence-electron chi connectivity index (χ1n) is 6.95. The maximum absolute atomic E-state index is 12.2. The lowest BCUT2D eigenvalue weighted by molar-refractivity contribution is -0.120. The molecule has 1 aromatic rings. The molecule has 1 amide bonds. The Bertz CT molecular complexity index is 434. The molecule has 0 spiro atoms. The van der Waals surface area contributed by atoms with Crippen LogP contribution in [0.4, 0.5) is 5.69 Å². The highest BCUT2D eigenvalue weighted by Gasteiger charge is 2.29. The summed E-state index contributed by atoms with van der Waals surface area (Å²) in [6.45, 7) is 6.49. The Labute approximate surface area is 114 Å². The first-order valence-corrected chi connectivity index (χ1v) is 6.95. The summed E-state index contributed by atoms with van der Waals surface area (Å²) in [5.41, 5.74) is 0.764. The van der Waals surface area contributed by atoms with E-state index in [4.69, 9.17) is 4.74 Å². The Morgan fingerprint density at radius 2 is 2.21 bits per heavy atom. The smallest absolute Gasteiger partial charge is 0.229 e. The van der Waals surface area contributed by atoms with Gasteiger partial charge in [0.15, 0.2) is 0 Å². The summed E-state index contributed by atoms with van der Waals surface area (Å²) in [7, 11) is 0. The van der Waals surface area contributed by atoms with Crippen molar-refractivity contribution in [1.29, 1.82) is 0 Å². The molecule has 1 fully saturated rings. The van der Waals surface area contributed by atoms with Gasteiger partial charge in [-0.05, 0) is 31.0 Å². The Morgan fingerprint density at radius 1 is 1.42 bits per heavy atom. The van der Waals surface area contributed by atoms with E-state index in [0.717, 1.165) is 30.9 Å². The Balaban J connectivity index is 2.03. The standard InChI is InChI=1S/C15H22N2O2/c1-3-8-19-14-7-5-4-6-13(14)17-15(18)12-10-16-9-11(12)2/h4-7,11-12,16H,3,8-10H2,1-2H3,(H,17,18). The van der Waals surface area contributed by atoms with E-state index in [1.165, 1.54) is 0 Å². The van der Waals surface area contributed by atoms with Crippen LogP contribution in [0, 0.1) is 11.8 Å². The number of hydrogen-bond donors (Lipinski definition) is 2. The van der Waals surface area contributed by atoms with Crippen LogP contribution in [0.15, 0.2) is 24.3 Å². The molecule has 2 atom stereocenters. The molecule has 0 aliphatic carbocycles. The number of hydrogen-bond acceptors (Lipinski definition) is 3. The van der Waals surface area contributed by atoms with Crippen LogP contribution in [0.2, 0.25) is 0 Å². The lowest BCUT2D eigenvalue weighted by Gasteiger charge is -2.16. The number of anilines is 1. The SMILES string of the molecule is CCCOc1ccccc1NC(=O)C1CNCC1C. The molecule has 0 saturated carbocycles. The topological polar surface area (TPSA) is 50.4 Å². The molecule has 2 unspecified atom stereocenters. The van der Waals surface area contributed by atoms with Crippen LogP contribution in [0.1, 0.15) is 20.3 Å². The molecule has 4 nitrogen and oxygen atoms in total. The lowest BCUT2D eigenvalue weighted by Crippen LogP contribution is -2.28. The Hall–Kier alpha value is -1.55. The molecule has 1 heterocycles. The van der Waals surface area contributed by atoms with Gasteiger partial charge < -0.3 is 15.4 Å². The van der Waals surface area contributed by atoms with Crippen molar-refractivity contribution in [3.05, 3.63) is 24.3 Å². The number of amides is 1. The van der Waals surface area contributed by atoms with E-state index in [9.17, 15) is 4.79 Å². The maximum atomic E-state index is 12.2. The molecule has 0 radical (unpaired) electrons. The van der Waals surface area contributed by atoms with Gasteiger partial charge in [0.2, 0.25) is 5.91 Å². The van der Waals surface area contributed by atoms with Crippen molar-refractivity contribution in [3.8, 4) is 5.75 Å². The van der Waals surface area contributed by atoms with E-state index < -0.39 is 0 Å². The van der Waals surface area contributed by atoms with Gasteiger partial charge in [-0.3, -0.25) is 4.79 Å². The predicted octanol–water partition coefficient (Wildman–Crippen LogP) is 2.27. The molecule has 19 heavy (non-hydrogen) atoms. The molecule has 4 heteroatoms. The van der Waals surface area contributed by atoms with Gasteiger partial charge in [-0.25, -0.2) is 0 Å². The maximum Gasteiger partial charge on any atom is 0.229 e. The third-order valence-electron chi connectivity index (χ3n) is 3.46. The fourth-order valence-electron chi connectivity index (χ4n) is 2.29. The zero-order valence-corrected chi connectivity index (χ0v) is 11.6. The monoisotopic (exact) mass is 262 g/mol. The van der Waals surface area contributed by atoms with Crippen LogP contribution in [0.25, 0.3) is 0 Å². The molecule has 1 saturated heterocycles. The van der Waals surface area contributed by atoms with E-state index in [2.05, 4.69) is 24.5 Å². The van der Waals surface area contributed by atoms with E-state index >= 15 is 0 Å². The molecule has 1 aliphatic rings. The van der Waals surface area contributed by atoms with Gasteiger partial charge in [-0.15, -0.1) is 0 Å². The minimum Gasteiger partial charge on any atom is -0.491 e. The molecule has 1 aliphatic heterocycles. The highest BCUT2D eigenvalue weighted by molar-refractivity contribution is 5.94. The Morgan fingerprint density at radius 3 is 2.89 bits per heavy atom. The van der Waals surface area contributed by atoms with Gasteiger partial charge in [0, 0.05) is 6.54 Å². The van der Waals surface area contributed by atoms with Crippen molar-refractivity contribution >= 4 is 11.6 Å². The molecule has 1 aromatic carbocycles. The number of para-hydroxylation sites is 2. The number of benzene rings is 1. The second-order valence-electron chi connectivity index (χ2n) is 5.08. The third kappa shape index (κ3) is 3.47. The summed E-state index contributed by atoms with van der Waals surface area (Å²) in [5, 5.41) is 6.23. The van der Waals surface area contributed by atoms with Crippen LogP contribution in [0.5, 0.6) is 5.75 Å². The summed E-state index contributed by atoms with van der Waals surface area (Å²) in [6, 6.07) is 7.60. The highest BCUT2D eigenvalue weighted by atomic mass is 16.5. The van der Waals surface area contributed by atoms with Crippen molar-refractivity contribution in [3.63, 3.8) is 0 Å². The molecule has 2 rings (SSSR count). The third-order valence-corrected chi connectivity index (χ3v) is 3.46. The minimum absolute atomic E-state index is 0.0410. The summed E-state index contributed by atoms with van der Waals surface area (Å²) in [4.78, 5) is 12.2. The lowest BCUT2D eigenvalue weighted by atomic mass is 9.97. The van der Waals surface area contributed by atoms with Crippen LogP contribution in [-0.2, 0) is 4.79 Å². The van der Waals surface area contributed by atoms with E-state index in [1.54, 1.807) is 0 Å². The van der Waals surface area contributed by atoms with Crippen molar-refractivity contribution in [1.82, 2.24) is 5.32 Å². The highest BCUT2D eigenvalue weighted by Crippen LogP contribution is 2.26. The van der Waals surface area contributed by atoms with Gasteiger partial charge in [-0.2, -0.15) is 0 Å². The second-order valence-corrected chi connectivity index (χ2v) is 5.08. The molecule has 0 bridgehead atoms. The molecular weight excluding hydrogens is 240 g/mol. The number of rotatable bonds is 5. The molecule has 2 N–H and O–H groups in total. The van der Waals surface area contributed by atoms with Gasteiger partial charge in [0.25, 0.3) is 0 Å². The fraction of sp³-hybridized carbons (Fsp3) is 0.533. The second kappa shape index (κ2) is 6.57. The quantitative estimate of drug-likeness (QED) is 0.856. The predicted molar refractivity (Wildman–Crippen MR) is 76.4 cm³/mol. The van der Waals surface area contributed by atoms with Gasteiger partial charge in [0.1, 0.15) is 5.75 Å². The number of carbonyl (C=O) groups excluding carboxylic acids is 1. The largest absolute Gasteiger partial charge is 0.491 e. The normalized spacial score (nSPS) is 22.2. The van der Waals surface area contributed by atoms with Crippen LogP contribution in [-0.4, -0.2) is 25.6 Å². The zero-order chi connectivity index (χ0) is 13.7. The summed E-state index contributed by atoms with van der Waals surface area (Å²) in [5.74, 6) is 1.24. The average molecular weight is 262 g/mol. The summed E-state index contributed by atoms with van der Waals surface area (Å²) >= 11 is 0. The fourth-order valence-corrected chi connectivity index (χ4v) is 2.29.